The van der Waals surface area contributed by atoms with Crippen molar-refractivity contribution in [3.63, 3.8) is 0 Å². The van der Waals surface area contributed by atoms with E-state index in [1.807, 2.05) is 12.1 Å². The summed E-state index contributed by atoms with van der Waals surface area (Å²) < 4.78 is 0. The van der Waals surface area contributed by atoms with Crippen molar-refractivity contribution in [1.82, 2.24) is 0 Å². The largest absolute Gasteiger partial charge is 0.508 e. The van der Waals surface area contributed by atoms with Gasteiger partial charge in [0.15, 0.2) is 0 Å². The van der Waals surface area contributed by atoms with Crippen LogP contribution >= 0.6 is 11.8 Å². The van der Waals surface area contributed by atoms with Crippen LogP contribution in [-0.2, 0) is 6.42 Å². The minimum absolute atomic E-state index is 0.224. The van der Waals surface area contributed by atoms with E-state index in [0.29, 0.717) is 5.75 Å². The van der Waals surface area contributed by atoms with Crippen LogP contribution in [0.4, 0.5) is 0 Å². The van der Waals surface area contributed by atoms with Gasteiger partial charge in [-0.15, -0.1) is 0 Å². The second kappa shape index (κ2) is 7.05. The summed E-state index contributed by atoms with van der Waals surface area (Å²) in [5.41, 5.74) is 7.39. The van der Waals surface area contributed by atoms with E-state index >= 15 is 0 Å². The van der Waals surface area contributed by atoms with Gasteiger partial charge in [-0.05, 0) is 37.0 Å². The molecular weight excluding hydrogens is 242 g/mol. The quantitative estimate of drug-likeness (QED) is 0.858. The Morgan fingerprint density at radius 3 is 2.50 bits per heavy atom. The van der Waals surface area contributed by atoms with Gasteiger partial charge in [0.25, 0.3) is 0 Å². The molecule has 1 aromatic carbocycles. The van der Waals surface area contributed by atoms with Crippen molar-refractivity contribution in [2.45, 2.75) is 49.8 Å². The normalized spacial score (nSPS) is 18.7. The highest BCUT2D eigenvalue weighted by Gasteiger charge is 2.15. The van der Waals surface area contributed by atoms with Gasteiger partial charge in [0, 0.05) is 17.0 Å². The summed E-state index contributed by atoms with van der Waals surface area (Å²) in [4.78, 5) is 0. The molecular formula is C15H23NOS. The summed E-state index contributed by atoms with van der Waals surface area (Å²) in [5, 5.41) is 10.1. The summed E-state index contributed by atoms with van der Waals surface area (Å²) >= 11 is 2.05. The van der Waals surface area contributed by atoms with Crippen LogP contribution in [0.15, 0.2) is 24.3 Å². The third-order valence-corrected chi connectivity index (χ3v) is 5.10. The summed E-state index contributed by atoms with van der Waals surface area (Å²) in [7, 11) is 0. The zero-order valence-corrected chi connectivity index (χ0v) is 11.7. The fourth-order valence-corrected chi connectivity index (χ4v) is 3.79. The van der Waals surface area contributed by atoms with Crippen molar-refractivity contribution >= 4 is 11.8 Å². The number of aromatic hydroxyl groups is 1. The first-order valence-corrected chi connectivity index (χ1v) is 7.94. The summed E-state index contributed by atoms with van der Waals surface area (Å²) in [6.07, 6.45) is 7.85. The molecule has 1 fully saturated rings. The smallest absolute Gasteiger partial charge is 0.115 e. The van der Waals surface area contributed by atoms with E-state index in [2.05, 4.69) is 11.8 Å². The predicted octanol–water partition coefficient (Wildman–Crippen LogP) is 3.33. The van der Waals surface area contributed by atoms with Crippen molar-refractivity contribution in [3.8, 4) is 5.75 Å². The maximum atomic E-state index is 9.23. The Hall–Kier alpha value is -0.670. The molecule has 2 rings (SSSR count). The monoisotopic (exact) mass is 265 g/mol. The van der Waals surface area contributed by atoms with E-state index < -0.39 is 0 Å². The minimum Gasteiger partial charge on any atom is -0.508 e. The molecule has 1 aliphatic carbocycles. The molecule has 1 atom stereocenters. The highest BCUT2D eigenvalue weighted by molar-refractivity contribution is 7.99. The molecule has 18 heavy (non-hydrogen) atoms. The van der Waals surface area contributed by atoms with Gasteiger partial charge in [0.2, 0.25) is 0 Å². The highest BCUT2D eigenvalue weighted by atomic mass is 32.2. The molecule has 0 bridgehead atoms. The average molecular weight is 265 g/mol. The Balaban J connectivity index is 1.71. The number of phenolic OH excluding ortho intramolecular Hbond substituents is 1. The van der Waals surface area contributed by atoms with Crippen molar-refractivity contribution in [2.75, 3.05) is 5.75 Å². The van der Waals surface area contributed by atoms with Crippen LogP contribution in [0.5, 0.6) is 5.75 Å². The predicted molar refractivity (Wildman–Crippen MR) is 79.1 cm³/mol. The molecule has 3 heteroatoms. The molecule has 2 nitrogen and oxygen atoms in total. The first-order chi connectivity index (χ1) is 8.74. The lowest BCUT2D eigenvalue weighted by atomic mass is 10.0. The van der Waals surface area contributed by atoms with E-state index in [1.54, 1.807) is 12.1 Å². The maximum Gasteiger partial charge on any atom is 0.115 e. The second-order valence-corrected chi connectivity index (χ2v) is 6.56. The van der Waals surface area contributed by atoms with Gasteiger partial charge in [-0.25, -0.2) is 0 Å². The number of thioether (sulfide) groups is 1. The van der Waals surface area contributed by atoms with E-state index in [0.717, 1.165) is 17.4 Å². The molecule has 0 heterocycles. The Kier molecular flexibility index (Phi) is 5.39. The zero-order valence-electron chi connectivity index (χ0n) is 10.8. The lowest BCUT2D eigenvalue weighted by molar-refractivity contribution is 0.475. The van der Waals surface area contributed by atoms with Crippen LogP contribution in [0.25, 0.3) is 0 Å². The number of rotatable bonds is 5. The average Bonchev–Trinajstić information content (AvgIpc) is 2.40. The Bertz CT molecular complexity index is 346. The molecule has 1 unspecified atom stereocenters. The van der Waals surface area contributed by atoms with Gasteiger partial charge in [-0.3, -0.25) is 0 Å². The Morgan fingerprint density at radius 1 is 1.17 bits per heavy atom. The Morgan fingerprint density at radius 2 is 1.83 bits per heavy atom. The van der Waals surface area contributed by atoms with Crippen LogP contribution in [0.3, 0.4) is 0 Å². The molecule has 0 saturated heterocycles. The number of phenols is 1. The molecule has 0 radical (unpaired) electrons. The fraction of sp³-hybridized carbons (Fsp3) is 0.600. The molecule has 1 saturated carbocycles. The first kappa shape index (κ1) is 13.8. The van der Waals surface area contributed by atoms with Gasteiger partial charge in [0.1, 0.15) is 5.75 Å². The molecule has 0 aliphatic heterocycles. The number of hydrogen-bond donors (Lipinski definition) is 2. The lowest BCUT2D eigenvalue weighted by Gasteiger charge is -2.22. The van der Waals surface area contributed by atoms with Crippen LogP contribution in [-0.4, -0.2) is 22.2 Å². The lowest BCUT2D eigenvalue weighted by Crippen LogP contribution is -2.27. The Labute approximate surface area is 114 Å². The van der Waals surface area contributed by atoms with E-state index in [1.165, 1.54) is 37.7 Å². The van der Waals surface area contributed by atoms with E-state index in [-0.39, 0.29) is 6.04 Å². The van der Waals surface area contributed by atoms with E-state index in [4.69, 9.17) is 5.73 Å². The van der Waals surface area contributed by atoms with E-state index in [9.17, 15) is 5.11 Å². The fourth-order valence-electron chi connectivity index (χ4n) is 2.49. The van der Waals surface area contributed by atoms with Crippen LogP contribution < -0.4 is 5.73 Å². The van der Waals surface area contributed by atoms with Crippen LogP contribution in [0, 0.1) is 0 Å². The molecule has 100 valence electrons. The van der Waals surface area contributed by atoms with Gasteiger partial charge in [0.05, 0.1) is 0 Å². The van der Waals surface area contributed by atoms with Gasteiger partial charge >= 0.3 is 0 Å². The highest BCUT2D eigenvalue weighted by Crippen LogP contribution is 2.28. The van der Waals surface area contributed by atoms with Gasteiger partial charge in [-0.2, -0.15) is 11.8 Å². The van der Waals surface area contributed by atoms with Crippen LogP contribution in [0.2, 0.25) is 0 Å². The molecule has 1 aliphatic rings. The van der Waals surface area contributed by atoms with Crippen molar-refractivity contribution in [3.05, 3.63) is 29.8 Å². The maximum absolute atomic E-state index is 9.23. The SMILES string of the molecule is NC(CSC1CCCCC1)Cc1ccc(O)cc1. The standard InChI is InChI=1S/C15H23NOS/c16-13(10-12-6-8-14(17)9-7-12)11-18-15-4-2-1-3-5-15/h6-9,13,15,17H,1-5,10-11,16H2. The van der Waals surface area contributed by atoms with Crippen molar-refractivity contribution < 1.29 is 5.11 Å². The number of hydrogen-bond acceptors (Lipinski definition) is 3. The second-order valence-electron chi connectivity index (χ2n) is 5.22. The molecule has 1 aromatic rings. The third-order valence-electron chi connectivity index (χ3n) is 3.53. The molecule has 3 N–H and O–H groups in total. The topological polar surface area (TPSA) is 46.2 Å². The number of nitrogens with two attached hydrogens (primary N) is 1. The van der Waals surface area contributed by atoms with Gasteiger partial charge < -0.3 is 10.8 Å². The van der Waals surface area contributed by atoms with Crippen LogP contribution in [0.1, 0.15) is 37.7 Å². The summed E-state index contributed by atoms with van der Waals surface area (Å²) in [6, 6.07) is 7.61. The summed E-state index contributed by atoms with van der Waals surface area (Å²) in [5.74, 6) is 1.37. The third kappa shape index (κ3) is 4.54. The van der Waals surface area contributed by atoms with Gasteiger partial charge in [-0.1, -0.05) is 31.4 Å². The summed E-state index contributed by atoms with van der Waals surface area (Å²) in [6.45, 7) is 0. The molecule has 0 amide bonds. The minimum atomic E-state index is 0.224. The molecule has 0 spiro atoms. The zero-order chi connectivity index (χ0) is 12.8. The molecule has 0 aromatic heterocycles. The first-order valence-electron chi connectivity index (χ1n) is 6.89. The van der Waals surface area contributed by atoms with Crippen molar-refractivity contribution in [2.24, 2.45) is 5.73 Å². The van der Waals surface area contributed by atoms with Crippen molar-refractivity contribution in [1.29, 1.82) is 0 Å². The number of benzene rings is 1.